The Bertz CT molecular complexity index is 1230. The number of anilines is 1. The van der Waals surface area contributed by atoms with Crippen LogP contribution in [0.4, 0.5) is 28.0 Å². The number of halogens is 4. The highest BCUT2D eigenvalue weighted by Crippen LogP contribution is 2.24. The molecule has 3 rings (SSSR count). The Labute approximate surface area is 239 Å². The lowest BCUT2D eigenvalue weighted by atomic mass is 10.1. The van der Waals surface area contributed by atoms with Crippen molar-refractivity contribution >= 4 is 35.7 Å². The molecule has 0 bridgehead atoms. The van der Waals surface area contributed by atoms with E-state index >= 15 is 0 Å². The molecule has 2 aromatic rings. The number of hydrogen-bond donors (Lipinski definition) is 1. The highest BCUT2D eigenvalue weighted by Gasteiger charge is 2.20. The molecule has 1 heterocycles. The Kier molecular flexibility index (Phi) is 15.7. The highest BCUT2D eigenvalue weighted by atomic mass is 19.3. The highest BCUT2D eigenvalue weighted by molar-refractivity contribution is 5.90. The molecule has 7 nitrogen and oxygen atoms in total. The number of rotatable bonds is 6. The second kappa shape index (κ2) is 18.4. The number of ether oxygens (including phenoxy) is 2. The van der Waals surface area contributed by atoms with Crippen molar-refractivity contribution in [1.29, 1.82) is 0 Å². The predicted octanol–water partition coefficient (Wildman–Crippen LogP) is 7.10. The maximum atomic E-state index is 13.7. The summed E-state index contributed by atoms with van der Waals surface area (Å²) >= 11 is 0. The van der Waals surface area contributed by atoms with Crippen LogP contribution in [0.5, 0.6) is 0 Å². The first-order valence-electron chi connectivity index (χ1n) is 12.8. The largest absolute Gasteiger partial charge is 0.438 e. The van der Waals surface area contributed by atoms with E-state index in [0.717, 1.165) is 18.3 Å². The summed E-state index contributed by atoms with van der Waals surface area (Å²) in [5.41, 5.74) is 3.03. The summed E-state index contributed by atoms with van der Waals surface area (Å²) in [5, 5.41) is 2.94. The zero-order chi connectivity index (χ0) is 30.9. The summed E-state index contributed by atoms with van der Waals surface area (Å²) in [7, 11) is 2.74. The van der Waals surface area contributed by atoms with Crippen molar-refractivity contribution in [3.05, 3.63) is 77.4 Å². The van der Waals surface area contributed by atoms with Gasteiger partial charge in [-0.2, -0.15) is 8.78 Å². The normalized spacial score (nSPS) is 13.4. The van der Waals surface area contributed by atoms with Crippen LogP contribution in [0.25, 0.3) is 11.3 Å². The van der Waals surface area contributed by atoms with Gasteiger partial charge in [0, 0.05) is 32.9 Å². The third-order valence-corrected chi connectivity index (χ3v) is 5.78. The number of nitrogens with zero attached hydrogens (tertiary/aromatic N) is 3. The van der Waals surface area contributed by atoms with Crippen molar-refractivity contribution in [1.82, 2.24) is 4.90 Å². The Morgan fingerprint density at radius 1 is 1.17 bits per heavy atom. The number of nitrogens with one attached hydrogen (secondary N) is 1. The van der Waals surface area contributed by atoms with Crippen LogP contribution < -0.4 is 5.32 Å². The summed E-state index contributed by atoms with van der Waals surface area (Å²) in [6.07, 6.45) is -0.581. The Morgan fingerprint density at radius 3 is 2.34 bits per heavy atom. The number of amides is 2. The van der Waals surface area contributed by atoms with Gasteiger partial charge in [0.25, 0.3) is 5.90 Å². The number of benzene rings is 2. The number of urea groups is 1. The third-order valence-electron chi connectivity index (χ3n) is 5.78. The van der Waals surface area contributed by atoms with Gasteiger partial charge in [-0.1, -0.05) is 37.8 Å². The molecule has 224 valence electrons. The zero-order valence-corrected chi connectivity index (χ0v) is 24.1. The molecule has 0 aliphatic carbocycles. The Balaban J connectivity index is 0.000000374. The van der Waals surface area contributed by atoms with E-state index in [-0.39, 0.29) is 17.2 Å². The Hall–Kier alpha value is -3.99. The van der Waals surface area contributed by atoms with Gasteiger partial charge in [0.2, 0.25) is 0 Å². The smallest absolute Gasteiger partial charge is 0.321 e. The molecule has 0 aromatic heterocycles. The molecule has 2 amide bonds. The molecular weight excluding hydrogens is 540 g/mol. The van der Waals surface area contributed by atoms with Crippen LogP contribution in [-0.4, -0.2) is 70.4 Å². The number of aryl methyl sites for hydroxylation is 1. The lowest BCUT2D eigenvalue weighted by Gasteiger charge is -2.27. The molecule has 2 aromatic carbocycles. The summed E-state index contributed by atoms with van der Waals surface area (Å²) < 4.78 is 62.0. The van der Waals surface area contributed by atoms with Gasteiger partial charge in [0.15, 0.2) is 11.6 Å². The summed E-state index contributed by atoms with van der Waals surface area (Å²) in [5.74, 6) is -3.52. The van der Waals surface area contributed by atoms with Crippen LogP contribution >= 0.6 is 0 Å². The van der Waals surface area contributed by atoms with Crippen LogP contribution in [-0.2, 0) is 15.9 Å². The van der Waals surface area contributed by atoms with E-state index in [1.165, 1.54) is 17.7 Å². The molecule has 41 heavy (non-hydrogen) atoms. The number of allylic oxidation sites excluding steroid dienone is 2. The quantitative estimate of drug-likeness (QED) is 0.172. The van der Waals surface area contributed by atoms with E-state index in [1.807, 2.05) is 31.2 Å². The molecule has 1 saturated heterocycles. The van der Waals surface area contributed by atoms with E-state index in [2.05, 4.69) is 46.3 Å². The maximum absolute atomic E-state index is 13.7. The molecule has 1 aliphatic rings. The fraction of sp³-hybridized carbons (Fsp3) is 0.367. The number of alkyl halides is 2. The number of aliphatic imine (C=N–C) groups is 2. The van der Waals surface area contributed by atoms with Crippen LogP contribution in [0.3, 0.4) is 0 Å². The van der Waals surface area contributed by atoms with Crippen LogP contribution in [0.15, 0.2) is 59.0 Å². The number of carbonyl (C=O) groups is 1. The molecule has 1 N–H and O–H groups in total. The number of hydrogen-bond acceptors (Lipinski definition) is 5. The standard InChI is InChI=1S/C15H20N2O2.C13H13F4NO.C2H5N/c1-3-12(2)13-5-4-6-14(11-13)16-15(18)17-7-9-19-10-8-17;1-4-8-5-6-9(11(15)10(8)14)7(2)19-13(18-3)12(16)17;1-3-2/h3-6,11H,7-10H2,1-2H3,(H,16,18);5-6,12H,2,4H2,1,3H3;1H2,2H3/b12-3+;;. The molecule has 0 atom stereocenters. The average Bonchev–Trinajstić information content (AvgIpc) is 2.97. The minimum absolute atomic E-state index is 0.0569. The van der Waals surface area contributed by atoms with Gasteiger partial charge in [-0.3, -0.25) is 4.99 Å². The first kappa shape index (κ1) is 35.0. The number of morpholine rings is 1. The van der Waals surface area contributed by atoms with Crippen LogP contribution in [0, 0.1) is 11.6 Å². The minimum atomic E-state index is -2.95. The van der Waals surface area contributed by atoms with Gasteiger partial charge in [-0.05, 0) is 61.9 Å². The van der Waals surface area contributed by atoms with E-state index in [4.69, 9.17) is 4.74 Å². The van der Waals surface area contributed by atoms with E-state index in [1.54, 1.807) is 18.9 Å². The second-order valence-electron chi connectivity index (χ2n) is 8.54. The van der Waals surface area contributed by atoms with Crippen molar-refractivity contribution in [3.8, 4) is 0 Å². The monoisotopic (exact) mass is 578 g/mol. The lowest BCUT2D eigenvalue weighted by Crippen LogP contribution is -2.43. The third kappa shape index (κ3) is 11.2. The fourth-order valence-corrected chi connectivity index (χ4v) is 3.42. The van der Waals surface area contributed by atoms with Crippen molar-refractivity contribution in [2.45, 2.75) is 33.6 Å². The van der Waals surface area contributed by atoms with Crippen LogP contribution in [0.2, 0.25) is 0 Å². The second-order valence-corrected chi connectivity index (χ2v) is 8.54. The topological polar surface area (TPSA) is 75.5 Å². The zero-order valence-electron chi connectivity index (χ0n) is 24.1. The SMILES string of the molecule is C/C=C(\C)c1cccc(NC(=O)N2CCOCC2)c1.C=C(OC(=NC)C(F)F)c1ccc(CC)c(F)c1F.C=NC. The lowest BCUT2D eigenvalue weighted by molar-refractivity contribution is 0.0564. The van der Waals surface area contributed by atoms with E-state index in [0.29, 0.717) is 32.7 Å². The van der Waals surface area contributed by atoms with Crippen molar-refractivity contribution in [2.75, 3.05) is 45.7 Å². The molecule has 1 aliphatic heterocycles. The maximum Gasteiger partial charge on any atom is 0.321 e. The molecule has 1 fully saturated rings. The molecule has 0 unspecified atom stereocenters. The van der Waals surface area contributed by atoms with Gasteiger partial charge in [-0.25, -0.2) is 13.6 Å². The fourth-order valence-electron chi connectivity index (χ4n) is 3.42. The summed E-state index contributed by atoms with van der Waals surface area (Å²) in [6.45, 7) is 14.7. The van der Waals surface area contributed by atoms with Crippen molar-refractivity contribution < 1.29 is 31.8 Å². The molecule has 0 saturated carbocycles. The molecule has 0 radical (unpaired) electrons. The van der Waals surface area contributed by atoms with Gasteiger partial charge in [0.05, 0.1) is 18.8 Å². The van der Waals surface area contributed by atoms with E-state index < -0.39 is 29.7 Å². The van der Waals surface area contributed by atoms with Gasteiger partial charge < -0.3 is 24.7 Å². The van der Waals surface area contributed by atoms with Gasteiger partial charge in [0.1, 0.15) is 5.76 Å². The molecular formula is C30H38F4N4O3. The predicted molar refractivity (Wildman–Crippen MR) is 158 cm³/mol. The Morgan fingerprint density at radius 2 is 1.80 bits per heavy atom. The van der Waals surface area contributed by atoms with Crippen molar-refractivity contribution in [2.24, 2.45) is 9.98 Å². The first-order valence-corrected chi connectivity index (χ1v) is 12.8. The average molecular weight is 579 g/mol. The number of carbonyl (C=O) groups excluding carboxylic acids is 1. The van der Waals surface area contributed by atoms with Crippen LogP contribution in [0.1, 0.15) is 37.5 Å². The summed E-state index contributed by atoms with van der Waals surface area (Å²) in [6, 6.07) is 10.4. The van der Waals surface area contributed by atoms with Crippen molar-refractivity contribution in [3.63, 3.8) is 0 Å². The molecule has 0 spiro atoms. The summed E-state index contributed by atoms with van der Waals surface area (Å²) in [4.78, 5) is 20.3. The van der Waals surface area contributed by atoms with Gasteiger partial charge >= 0.3 is 12.5 Å². The minimum Gasteiger partial charge on any atom is -0.438 e. The molecule has 11 heteroatoms. The van der Waals surface area contributed by atoms with Gasteiger partial charge in [-0.15, -0.1) is 0 Å². The first-order chi connectivity index (χ1) is 19.5. The van der Waals surface area contributed by atoms with E-state index in [9.17, 15) is 22.4 Å².